The number of hydrogen-bond donors (Lipinski definition) is 0. The van der Waals surface area contributed by atoms with Gasteiger partial charge in [0.2, 0.25) is 0 Å². The highest BCUT2D eigenvalue weighted by Crippen LogP contribution is 2.17. The van der Waals surface area contributed by atoms with Crippen LogP contribution in [0.2, 0.25) is 0 Å². The minimum atomic E-state index is 0.917. The molecular weight excluding hydrogens is 228 g/mol. The van der Waals surface area contributed by atoms with Gasteiger partial charge in [-0.25, -0.2) is 0 Å². The molecule has 0 saturated heterocycles. The van der Waals surface area contributed by atoms with Crippen molar-refractivity contribution in [2.75, 3.05) is 0 Å². The maximum Gasteiger partial charge on any atom is -0.00253 e. The lowest BCUT2D eigenvalue weighted by atomic mass is 9.99. The van der Waals surface area contributed by atoms with Gasteiger partial charge in [-0.15, -0.1) is 0 Å². The maximum atomic E-state index is 3.83. The lowest BCUT2D eigenvalue weighted by Crippen LogP contribution is -1.90. The van der Waals surface area contributed by atoms with Gasteiger partial charge < -0.3 is 0 Å². The monoisotopic (exact) mass is 246 g/mol. The standard InChI is InChI=1S/C19H18/c1-4-15-7-9-18(10-8-15)14-19-12-16(5-2)11-17(6-3)13-19/h4-13H,1-3,14H2. The summed E-state index contributed by atoms with van der Waals surface area (Å²) in [6, 6.07) is 14.9. The maximum absolute atomic E-state index is 3.83. The zero-order chi connectivity index (χ0) is 13.7. The van der Waals surface area contributed by atoms with E-state index < -0.39 is 0 Å². The number of hydrogen-bond acceptors (Lipinski definition) is 0. The van der Waals surface area contributed by atoms with Crippen molar-refractivity contribution in [2.24, 2.45) is 0 Å². The van der Waals surface area contributed by atoms with Crippen molar-refractivity contribution >= 4 is 18.2 Å². The van der Waals surface area contributed by atoms with Crippen LogP contribution in [0, 0.1) is 0 Å². The van der Waals surface area contributed by atoms with Crippen molar-refractivity contribution in [3.63, 3.8) is 0 Å². The van der Waals surface area contributed by atoms with Crippen molar-refractivity contribution in [3.05, 3.63) is 90.0 Å². The highest BCUT2D eigenvalue weighted by molar-refractivity contribution is 5.58. The van der Waals surface area contributed by atoms with E-state index in [-0.39, 0.29) is 0 Å². The van der Waals surface area contributed by atoms with Crippen LogP contribution in [0.25, 0.3) is 18.2 Å². The summed E-state index contributed by atoms with van der Waals surface area (Å²) in [6.07, 6.45) is 6.52. The van der Waals surface area contributed by atoms with Crippen LogP contribution in [0.5, 0.6) is 0 Å². The van der Waals surface area contributed by atoms with E-state index >= 15 is 0 Å². The zero-order valence-electron chi connectivity index (χ0n) is 11.1. The first-order valence-corrected chi connectivity index (χ1v) is 6.35. The fraction of sp³-hybridized carbons (Fsp3) is 0.0526. The Morgan fingerprint density at radius 3 is 1.63 bits per heavy atom. The van der Waals surface area contributed by atoms with E-state index in [9.17, 15) is 0 Å². The molecule has 2 rings (SSSR count). The smallest absolute Gasteiger partial charge is 0.00253 e. The molecule has 0 nitrogen and oxygen atoms in total. The highest BCUT2D eigenvalue weighted by Gasteiger charge is 2.00. The molecule has 0 bridgehead atoms. The Morgan fingerprint density at radius 1 is 0.632 bits per heavy atom. The minimum Gasteiger partial charge on any atom is -0.0985 e. The molecule has 0 amide bonds. The minimum absolute atomic E-state index is 0.917. The molecule has 0 aliphatic heterocycles. The molecule has 0 saturated carbocycles. The summed E-state index contributed by atoms with van der Waals surface area (Å²) in [7, 11) is 0. The zero-order valence-corrected chi connectivity index (χ0v) is 11.1. The van der Waals surface area contributed by atoms with Crippen molar-refractivity contribution in [2.45, 2.75) is 6.42 Å². The molecule has 0 aliphatic rings. The predicted molar refractivity (Wildman–Crippen MR) is 86.0 cm³/mol. The Hall–Kier alpha value is -2.34. The summed E-state index contributed by atoms with van der Waals surface area (Å²) in [4.78, 5) is 0. The van der Waals surface area contributed by atoms with Crippen LogP contribution in [0.15, 0.2) is 62.2 Å². The van der Waals surface area contributed by atoms with Crippen LogP contribution in [0.1, 0.15) is 27.8 Å². The molecule has 0 N–H and O–H groups in total. The van der Waals surface area contributed by atoms with E-state index in [2.05, 4.69) is 62.2 Å². The fourth-order valence-electron chi connectivity index (χ4n) is 2.09. The van der Waals surface area contributed by atoms with Gasteiger partial charge in [0.25, 0.3) is 0 Å². The Labute approximate surface area is 115 Å². The lowest BCUT2D eigenvalue weighted by Gasteiger charge is -2.06. The summed E-state index contributed by atoms with van der Waals surface area (Å²) in [5.41, 5.74) is 5.99. The van der Waals surface area contributed by atoms with Gasteiger partial charge in [-0.3, -0.25) is 0 Å². The van der Waals surface area contributed by atoms with E-state index in [1.807, 2.05) is 18.2 Å². The Bertz CT molecular complexity index is 574. The molecule has 0 spiro atoms. The second-order valence-corrected chi connectivity index (χ2v) is 4.54. The average molecular weight is 246 g/mol. The van der Waals surface area contributed by atoms with E-state index in [1.54, 1.807) is 0 Å². The van der Waals surface area contributed by atoms with Gasteiger partial charge in [-0.2, -0.15) is 0 Å². The van der Waals surface area contributed by atoms with Gasteiger partial charge in [0.15, 0.2) is 0 Å². The topological polar surface area (TPSA) is 0 Å². The molecule has 0 unspecified atom stereocenters. The third-order valence-electron chi connectivity index (χ3n) is 3.13. The van der Waals surface area contributed by atoms with Gasteiger partial charge in [0.05, 0.1) is 0 Å². The molecule has 0 fully saturated rings. The van der Waals surface area contributed by atoms with Crippen LogP contribution < -0.4 is 0 Å². The molecule has 0 atom stereocenters. The fourth-order valence-corrected chi connectivity index (χ4v) is 2.09. The van der Waals surface area contributed by atoms with Gasteiger partial charge in [0, 0.05) is 0 Å². The molecule has 0 aliphatic carbocycles. The van der Waals surface area contributed by atoms with Crippen LogP contribution in [-0.4, -0.2) is 0 Å². The van der Waals surface area contributed by atoms with Gasteiger partial charge >= 0.3 is 0 Å². The first kappa shape index (κ1) is 13.1. The van der Waals surface area contributed by atoms with Crippen LogP contribution in [0.4, 0.5) is 0 Å². The van der Waals surface area contributed by atoms with Gasteiger partial charge in [0.1, 0.15) is 0 Å². The van der Waals surface area contributed by atoms with Crippen molar-refractivity contribution in [1.29, 1.82) is 0 Å². The molecule has 2 aromatic carbocycles. The molecule has 0 aromatic heterocycles. The van der Waals surface area contributed by atoms with Crippen LogP contribution >= 0.6 is 0 Å². The van der Waals surface area contributed by atoms with E-state index in [4.69, 9.17) is 0 Å². The summed E-state index contributed by atoms with van der Waals surface area (Å²) in [5, 5.41) is 0. The molecule has 94 valence electrons. The Morgan fingerprint density at radius 2 is 1.16 bits per heavy atom. The quantitative estimate of drug-likeness (QED) is 0.679. The molecule has 0 heteroatoms. The first-order valence-electron chi connectivity index (χ1n) is 6.35. The summed E-state index contributed by atoms with van der Waals surface area (Å²) in [6.45, 7) is 11.4. The number of benzene rings is 2. The first-order chi connectivity index (χ1) is 9.25. The highest BCUT2D eigenvalue weighted by atomic mass is 14.0. The predicted octanol–water partition coefficient (Wildman–Crippen LogP) is 5.21. The second kappa shape index (κ2) is 6.01. The van der Waals surface area contributed by atoms with Crippen LogP contribution in [-0.2, 0) is 6.42 Å². The summed E-state index contributed by atoms with van der Waals surface area (Å²) >= 11 is 0. The third kappa shape index (κ3) is 3.32. The average Bonchev–Trinajstić information content (AvgIpc) is 2.47. The van der Waals surface area contributed by atoms with E-state index in [0.717, 1.165) is 23.1 Å². The normalized spacial score (nSPS) is 9.89. The molecule has 0 heterocycles. The van der Waals surface area contributed by atoms with Gasteiger partial charge in [-0.1, -0.05) is 74.4 Å². The summed E-state index contributed by atoms with van der Waals surface area (Å²) in [5.74, 6) is 0. The van der Waals surface area contributed by atoms with Crippen molar-refractivity contribution < 1.29 is 0 Å². The second-order valence-electron chi connectivity index (χ2n) is 4.54. The van der Waals surface area contributed by atoms with E-state index in [1.165, 1.54) is 11.1 Å². The SMILES string of the molecule is C=Cc1ccc(Cc2cc(C=C)cc(C=C)c2)cc1. The van der Waals surface area contributed by atoms with Crippen LogP contribution in [0.3, 0.4) is 0 Å². The molecule has 0 radical (unpaired) electrons. The Balaban J connectivity index is 2.28. The van der Waals surface area contributed by atoms with Crippen molar-refractivity contribution in [1.82, 2.24) is 0 Å². The largest absolute Gasteiger partial charge is 0.0985 e. The van der Waals surface area contributed by atoms with Crippen molar-refractivity contribution in [3.8, 4) is 0 Å². The Kier molecular flexibility index (Phi) is 4.15. The lowest BCUT2D eigenvalue weighted by molar-refractivity contribution is 1.19. The molecule has 19 heavy (non-hydrogen) atoms. The number of rotatable bonds is 5. The van der Waals surface area contributed by atoms with E-state index in [0.29, 0.717) is 0 Å². The third-order valence-corrected chi connectivity index (χ3v) is 3.13. The molecule has 2 aromatic rings. The molecular formula is C19H18. The van der Waals surface area contributed by atoms with Gasteiger partial charge in [-0.05, 0) is 40.3 Å². The summed E-state index contributed by atoms with van der Waals surface area (Å²) < 4.78 is 0.